The Morgan fingerprint density at radius 1 is 1.44 bits per heavy atom. The van der Waals surface area contributed by atoms with Crippen molar-refractivity contribution in [3.63, 3.8) is 0 Å². The second kappa shape index (κ2) is 5.07. The molecule has 0 bridgehead atoms. The molecule has 2 nitrogen and oxygen atoms in total. The maximum Gasteiger partial charge on any atom is 0.125 e. The molecule has 1 aromatic heterocycles. The Morgan fingerprint density at radius 3 is 3.00 bits per heavy atom. The number of nitrogens with zero attached hydrogens (tertiary/aromatic N) is 1. The fraction of sp³-hybridized carbons (Fsp3) is 0.250. The number of nitrogens with one attached hydrogen (secondary N) is 1. The van der Waals surface area contributed by atoms with Gasteiger partial charge in [-0.15, -0.1) is 11.3 Å². The van der Waals surface area contributed by atoms with Crippen LogP contribution in [0, 0.1) is 12.7 Å². The SMILES string of the molecule is Cc1ncsc1CCNc1cccc(F)c1. The Balaban J connectivity index is 1.87. The predicted octanol–water partition coefficient (Wildman–Crippen LogP) is 3.25. The summed E-state index contributed by atoms with van der Waals surface area (Å²) in [4.78, 5) is 5.47. The van der Waals surface area contributed by atoms with Crippen LogP contribution in [0.15, 0.2) is 29.8 Å². The van der Waals surface area contributed by atoms with Crippen LogP contribution < -0.4 is 5.32 Å². The molecule has 0 saturated carbocycles. The predicted molar refractivity (Wildman–Crippen MR) is 65.4 cm³/mol. The van der Waals surface area contributed by atoms with E-state index in [0.29, 0.717) is 0 Å². The van der Waals surface area contributed by atoms with E-state index in [-0.39, 0.29) is 5.82 Å². The topological polar surface area (TPSA) is 24.9 Å². The molecular weight excluding hydrogens is 223 g/mol. The average molecular weight is 236 g/mol. The number of aromatic nitrogens is 1. The largest absolute Gasteiger partial charge is 0.385 e. The first-order valence-corrected chi connectivity index (χ1v) is 6.02. The van der Waals surface area contributed by atoms with Gasteiger partial charge in [0.2, 0.25) is 0 Å². The molecule has 0 amide bonds. The Kier molecular flexibility index (Phi) is 3.51. The van der Waals surface area contributed by atoms with Crippen molar-refractivity contribution < 1.29 is 4.39 Å². The molecule has 1 aromatic carbocycles. The van der Waals surface area contributed by atoms with Gasteiger partial charge in [-0.25, -0.2) is 9.37 Å². The van der Waals surface area contributed by atoms with Gasteiger partial charge in [-0.05, 0) is 25.1 Å². The van der Waals surface area contributed by atoms with Gasteiger partial charge >= 0.3 is 0 Å². The molecule has 0 atom stereocenters. The summed E-state index contributed by atoms with van der Waals surface area (Å²) in [6.07, 6.45) is 0.924. The van der Waals surface area contributed by atoms with Crippen LogP contribution in [0.3, 0.4) is 0 Å². The van der Waals surface area contributed by atoms with Crippen LogP contribution in [0.4, 0.5) is 10.1 Å². The van der Waals surface area contributed by atoms with Crippen LogP contribution >= 0.6 is 11.3 Å². The van der Waals surface area contributed by atoms with Gasteiger partial charge in [0.05, 0.1) is 11.2 Å². The summed E-state index contributed by atoms with van der Waals surface area (Å²) in [6.45, 7) is 2.81. The van der Waals surface area contributed by atoms with Gasteiger partial charge in [0.25, 0.3) is 0 Å². The van der Waals surface area contributed by atoms with Gasteiger partial charge < -0.3 is 5.32 Å². The van der Waals surface area contributed by atoms with Gasteiger partial charge in [-0.1, -0.05) is 6.07 Å². The van der Waals surface area contributed by atoms with Gasteiger partial charge in [0.1, 0.15) is 5.82 Å². The van der Waals surface area contributed by atoms with Crippen molar-refractivity contribution in [1.82, 2.24) is 4.98 Å². The highest BCUT2D eigenvalue weighted by molar-refractivity contribution is 7.09. The molecule has 0 spiro atoms. The average Bonchev–Trinajstić information content (AvgIpc) is 2.65. The molecule has 2 rings (SSSR count). The maximum atomic E-state index is 12.9. The van der Waals surface area contributed by atoms with Crippen LogP contribution in [0.1, 0.15) is 10.6 Å². The number of thiazole rings is 1. The number of hydrogen-bond acceptors (Lipinski definition) is 3. The maximum absolute atomic E-state index is 12.9. The molecule has 16 heavy (non-hydrogen) atoms. The smallest absolute Gasteiger partial charge is 0.125 e. The second-order valence-corrected chi connectivity index (χ2v) is 4.49. The minimum atomic E-state index is -0.209. The summed E-state index contributed by atoms with van der Waals surface area (Å²) in [5.41, 5.74) is 3.76. The molecule has 0 fully saturated rings. The van der Waals surface area contributed by atoms with Gasteiger partial charge in [0.15, 0.2) is 0 Å². The zero-order valence-electron chi connectivity index (χ0n) is 9.03. The van der Waals surface area contributed by atoms with Crippen LogP contribution in [-0.4, -0.2) is 11.5 Å². The Bertz CT molecular complexity index is 468. The van der Waals surface area contributed by atoms with Crippen molar-refractivity contribution in [1.29, 1.82) is 0 Å². The van der Waals surface area contributed by atoms with E-state index in [2.05, 4.69) is 10.3 Å². The van der Waals surface area contributed by atoms with Gasteiger partial charge in [-0.2, -0.15) is 0 Å². The number of rotatable bonds is 4. The molecule has 0 saturated heterocycles. The van der Waals surface area contributed by atoms with E-state index >= 15 is 0 Å². The van der Waals surface area contributed by atoms with Crippen LogP contribution in [-0.2, 0) is 6.42 Å². The molecule has 0 aliphatic heterocycles. The molecule has 0 aliphatic carbocycles. The molecule has 84 valence electrons. The highest BCUT2D eigenvalue weighted by atomic mass is 32.1. The van der Waals surface area contributed by atoms with Gasteiger partial charge in [0, 0.05) is 23.5 Å². The highest BCUT2D eigenvalue weighted by Gasteiger charge is 2.00. The lowest BCUT2D eigenvalue weighted by molar-refractivity contribution is 0.628. The zero-order valence-corrected chi connectivity index (χ0v) is 9.85. The molecule has 1 heterocycles. The molecular formula is C12H13FN2S. The number of aryl methyl sites for hydroxylation is 1. The molecule has 1 N–H and O–H groups in total. The molecule has 0 radical (unpaired) electrons. The minimum absolute atomic E-state index is 0.209. The third-order valence-electron chi connectivity index (χ3n) is 2.35. The number of benzene rings is 1. The summed E-state index contributed by atoms with van der Waals surface area (Å²) in [5, 5.41) is 3.19. The third kappa shape index (κ3) is 2.79. The fourth-order valence-corrected chi connectivity index (χ4v) is 2.27. The summed E-state index contributed by atoms with van der Waals surface area (Å²) in [7, 11) is 0. The number of hydrogen-bond donors (Lipinski definition) is 1. The molecule has 2 aromatic rings. The second-order valence-electron chi connectivity index (χ2n) is 3.55. The van der Waals surface area contributed by atoms with Gasteiger partial charge in [-0.3, -0.25) is 0 Å². The number of halogens is 1. The summed E-state index contributed by atoms with van der Waals surface area (Å²) >= 11 is 1.66. The molecule has 0 aliphatic rings. The van der Waals surface area contributed by atoms with Crippen molar-refractivity contribution in [3.05, 3.63) is 46.2 Å². The molecule has 0 unspecified atom stereocenters. The van der Waals surface area contributed by atoms with Crippen molar-refractivity contribution in [2.75, 3.05) is 11.9 Å². The fourth-order valence-electron chi connectivity index (χ4n) is 1.48. The van der Waals surface area contributed by atoms with Crippen LogP contribution in [0.2, 0.25) is 0 Å². The van der Waals surface area contributed by atoms with Crippen molar-refractivity contribution in [2.45, 2.75) is 13.3 Å². The minimum Gasteiger partial charge on any atom is -0.385 e. The van der Waals surface area contributed by atoms with E-state index in [0.717, 1.165) is 24.3 Å². The standard InChI is InChI=1S/C12H13FN2S/c1-9-12(16-8-15-9)5-6-14-11-4-2-3-10(13)7-11/h2-4,7-8,14H,5-6H2,1H3. The Hall–Kier alpha value is -1.42. The number of anilines is 1. The van der Waals surface area contributed by atoms with E-state index in [1.807, 2.05) is 18.5 Å². The molecule has 4 heteroatoms. The van der Waals surface area contributed by atoms with Crippen molar-refractivity contribution in [3.8, 4) is 0 Å². The summed E-state index contributed by atoms with van der Waals surface area (Å²) in [5.74, 6) is -0.209. The lowest BCUT2D eigenvalue weighted by atomic mass is 10.2. The van der Waals surface area contributed by atoms with E-state index in [4.69, 9.17) is 0 Å². The van der Waals surface area contributed by atoms with E-state index < -0.39 is 0 Å². The third-order valence-corrected chi connectivity index (χ3v) is 3.35. The van der Waals surface area contributed by atoms with Crippen molar-refractivity contribution in [2.24, 2.45) is 0 Å². The summed E-state index contributed by atoms with van der Waals surface area (Å²) < 4.78 is 12.9. The first kappa shape index (κ1) is 11.1. The van der Waals surface area contributed by atoms with E-state index in [1.54, 1.807) is 17.4 Å². The Morgan fingerprint density at radius 2 is 2.31 bits per heavy atom. The lowest BCUT2D eigenvalue weighted by Gasteiger charge is -2.05. The monoisotopic (exact) mass is 236 g/mol. The quantitative estimate of drug-likeness (QED) is 0.881. The lowest BCUT2D eigenvalue weighted by Crippen LogP contribution is -2.04. The van der Waals surface area contributed by atoms with E-state index in [9.17, 15) is 4.39 Å². The van der Waals surface area contributed by atoms with Crippen LogP contribution in [0.25, 0.3) is 0 Å². The summed E-state index contributed by atoms with van der Waals surface area (Å²) in [6, 6.07) is 6.51. The normalized spacial score (nSPS) is 10.4. The first-order chi connectivity index (χ1) is 7.75. The van der Waals surface area contributed by atoms with Crippen LogP contribution in [0.5, 0.6) is 0 Å². The first-order valence-electron chi connectivity index (χ1n) is 5.14. The zero-order chi connectivity index (χ0) is 11.4. The highest BCUT2D eigenvalue weighted by Crippen LogP contribution is 2.14. The van der Waals surface area contributed by atoms with E-state index in [1.165, 1.54) is 17.0 Å². The Labute approximate surface area is 98.2 Å². The van der Waals surface area contributed by atoms with Crippen molar-refractivity contribution >= 4 is 17.0 Å².